The smallest absolute Gasteiger partial charge is 0.302 e. The number of benzene rings is 1. The first kappa shape index (κ1) is 17.2. The van der Waals surface area contributed by atoms with Crippen LogP contribution in [0.25, 0.3) is 0 Å². The van der Waals surface area contributed by atoms with Crippen molar-refractivity contribution in [1.29, 1.82) is 0 Å². The number of ether oxygens (including phenoxy) is 3. The largest absolute Gasteiger partial charge is 0.495 e. The van der Waals surface area contributed by atoms with Crippen molar-refractivity contribution in [2.75, 3.05) is 18.6 Å². The lowest BCUT2D eigenvalue weighted by molar-refractivity contribution is -0.150. The van der Waals surface area contributed by atoms with E-state index in [1.807, 2.05) is 0 Å². The third-order valence-electron chi connectivity index (χ3n) is 5.04. The normalized spacial score (nSPS) is 31.5. The van der Waals surface area contributed by atoms with Gasteiger partial charge >= 0.3 is 5.97 Å². The molecule has 1 aromatic carbocycles. The van der Waals surface area contributed by atoms with Gasteiger partial charge in [0.15, 0.2) is 0 Å². The van der Waals surface area contributed by atoms with Gasteiger partial charge in [-0.1, -0.05) is 22.0 Å². The second kappa shape index (κ2) is 5.92. The second-order valence-electron chi connectivity index (χ2n) is 6.51. The van der Waals surface area contributed by atoms with Gasteiger partial charge in [0.05, 0.1) is 30.7 Å². The van der Waals surface area contributed by atoms with E-state index in [9.17, 15) is 14.4 Å². The SMILES string of the molecule is COc1ccc(Br)cc1N1C(=O)[C@H]2[C@H]3C=C[C@@](COC(C)=O)(O3)[C@H]2C1=O. The minimum absolute atomic E-state index is 0.0982. The molecule has 0 aliphatic carbocycles. The molecule has 3 heterocycles. The molecule has 0 unspecified atom stereocenters. The Kier molecular flexibility index (Phi) is 3.92. The first-order valence-corrected chi connectivity index (χ1v) is 8.89. The number of halogens is 1. The van der Waals surface area contributed by atoms with Crippen molar-refractivity contribution in [2.45, 2.75) is 18.6 Å². The molecule has 8 heteroatoms. The van der Waals surface area contributed by atoms with Gasteiger partial charge in [-0.15, -0.1) is 0 Å². The van der Waals surface area contributed by atoms with E-state index in [1.165, 1.54) is 14.0 Å². The number of amides is 2. The predicted molar refractivity (Wildman–Crippen MR) is 93.5 cm³/mol. The Morgan fingerprint density at radius 3 is 2.81 bits per heavy atom. The average molecular weight is 422 g/mol. The average Bonchev–Trinajstić information content (AvgIpc) is 3.24. The molecule has 136 valence electrons. The number of carbonyl (C=O) groups is 3. The number of rotatable bonds is 4. The molecule has 0 N–H and O–H groups in total. The van der Waals surface area contributed by atoms with Gasteiger partial charge in [0.2, 0.25) is 11.8 Å². The lowest BCUT2D eigenvalue weighted by Gasteiger charge is -2.28. The van der Waals surface area contributed by atoms with Crippen LogP contribution in [0.1, 0.15) is 6.92 Å². The highest BCUT2D eigenvalue weighted by molar-refractivity contribution is 9.10. The van der Waals surface area contributed by atoms with Gasteiger partial charge in [0.25, 0.3) is 0 Å². The molecule has 26 heavy (non-hydrogen) atoms. The van der Waals surface area contributed by atoms with Crippen LogP contribution in [0.15, 0.2) is 34.8 Å². The van der Waals surface area contributed by atoms with Gasteiger partial charge < -0.3 is 14.2 Å². The Bertz CT molecular complexity index is 852. The molecule has 3 aliphatic rings. The maximum atomic E-state index is 13.2. The predicted octanol–water partition coefficient (Wildman–Crippen LogP) is 1.83. The molecule has 2 fully saturated rings. The molecule has 2 bridgehead atoms. The van der Waals surface area contributed by atoms with Crippen molar-refractivity contribution in [1.82, 2.24) is 0 Å². The number of fused-ring (bicyclic) bond motifs is 5. The van der Waals surface area contributed by atoms with E-state index in [0.717, 1.165) is 9.37 Å². The summed E-state index contributed by atoms with van der Waals surface area (Å²) in [5, 5.41) is 0. The Morgan fingerprint density at radius 2 is 2.12 bits per heavy atom. The fraction of sp³-hybridized carbons (Fsp3) is 0.389. The Labute approximate surface area is 158 Å². The van der Waals surface area contributed by atoms with Crippen LogP contribution in [0.2, 0.25) is 0 Å². The molecular formula is C18H16BrNO6. The zero-order valence-corrected chi connectivity index (χ0v) is 15.7. The summed E-state index contributed by atoms with van der Waals surface area (Å²) in [4.78, 5) is 38.6. The van der Waals surface area contributed by atoms with Gasteiger partial charge in [0.1, 0.15) is 18.0 Å². The van der Waals surface area contributed by atoms with Gasteiger partial charge in [0, 0.05) is 11.4 Å². The molecule has 0 aromatic heterocycles. The molecule has 2 saturated heterocycles. The van der Waals surface area contributed by atoms with Crippen molar-refractivity contribution in [3.05, 3.63) is 34.8 Å². The van der Waals surface area contributed by atoms with Crippen LogP contribution in [0, 0.1) is 11.8 Å². The minimum atomic E-state index is -1.10. The summed E-state index contributed by atoms with van der Waals surface area (Å²) in [6.07, 6.45) is 2.99. The number of esters is 1. The molecule has 0 radical (unpaired) electrons. The van der Waals surface area contributed by atoms with Crippen LogP contribution in [0.5, 0.6) is 5.75 Å². The molecule has 4 rings (SSSR count). The van der Waals surface area contributed by atoms with E-state index >= 15 is 0 Å². The summed E-state index contributed by atoms with van der Waals surface area (Å²) in [5.41, 5.74) is -0.713. The molecule has 3 aliphatic heterocycles. The first-order chi connectivity index (χ1) is 12.4. The van der Waals surface area contributed by atoms with Crippen molar-refractivity contribution < 1.29 is 28.6 Å². The highest BCUT2D eigenvalue weighted by Gasteiger charge is 2.68. The summed E-state index contributed by atoms with van der Waals surface area (Å²) in [5.74, 6) is -2.12. The second-order valence-corrected chi connectivity index (χ2v) is 7.42. The van der Waals surface area contributed by atoms with Gasteiger partial charge in [-0.2, -0.15) is 0 Å². The van der Waals surface area contributed by atoms with Crippen molar-refractivity contribution in [3.63, 3.8) is 0 Å². The number of carbonyl (C=O) groups excluding carboxylic acids is 3. The molecule has 4 atom stereocenters. The third-order valence-corrected chi connectivity index (χ3v) is 5.53. The summed E-state index contributed by atoms with van der Waals surface area (Å²) in [7, 11) is 1.48. The molecule has 2 amide bonds. The number of methoxy groups -OCH3 is 1. The summed E-state index contributed by atoms with van der Waals surface area (Å²) in [6.45, 7) is 1.19. The van der Waals surface area contributed by atoms with E-state index in [4.69, 9.17) is 14.2 Å². The number of hydrogen-bond acceptors (Lipinski definition) is 6. The summed E-state index contributed by atoms with van der Waals surface area (Å²) in [6, 6.07) is 5.13. The lowest BCUT2D eigenvalue weighted by Crippen LogP contribution is -2.44. The van der Waals surface area contributed by atoms with Crippen molar-refractivity contribution in [3.8, 4) is 5.75 Å². The van der Waals surface area contributed by atoms with E-state index in [0.29, 0.717) is 11.4 Å². The van der Waals surface area contributed by atoms with Gasteiger partial charge in [-0.25, -0.2) is 4.90 Å². The molecule has 7 nitrogen and oxygen atoms in total. The van der Waals surface area contributed by atoms with Crippen LogP contribution in [-0.2, 0) is 23.9 Å². The highest BCUT2D eigenvalue weighted by Crippen LogP contribution is 2.53. The Morgan fingerprint density at radius 1 is 1.35 bits per heavy atom. The summed E-state index contributed by atoms with van der Waals surface area (Å²) >= 11 is 3.36. The lowest BCUT2D eigenvalue weighted by atomic mass is 9.77. The topological polar surface area (TPSA) is 82.1 Å². The number of nitrogens with zero attached hydrogens (tertiary/aromatic N) is 1. The zero-order valence-electron chi connectivity index (χ0n) is 14.1. The number of anilines is 1. The van der Waals surface area contributed by atoms with Crippen LogP contribution >= 0.6 is 15.9 Å². The highest BCUT2D eigenvalue weighted by atomic mass is 79.9. The van der Waals surface area contributed by atoms with Crippen LogP contribution < -0.4 is 9.64 Å². The fourth-order valence-corrected chi connectivity index (χ4v) is 4.31. The van der Waals surface area contributed by atoms with Gasteiger partial charge in [-0.3, -0.25) is 14.4 Å². The number of hydrogen-bond donors (Lipinski definition) is 0. The summed E-state index contributed by atoms with van der Waals surface area (Å²) < 4.78 is 17.0. The van der Waals surface area contributed by atoms with E-state index in [-0.39, 0.29) is 18.4 Å². The van der Waals surface area contributed by atoms with E-state index in [2.05, 4.69) is 15.9 Å². The Hall–Kier alpha value is -2.19. The van der Waals surface area contributed by atoms with E-state index in [1.54, 1.807) is 30.4 Å². The van der Waals surface area contributed by atoms with Crippen LogP contribution in [0.3, 0.4) is 0 Å². The first-order valence-electron chi connectivity index (χ1n) is 8.10. The minimum Gasteiger partial charge on any atom is -0.495 e. The molecular weight excluding hydrogens is 406 g/mol. The van der Waals surface area contributed by atoms with Crippen LogP contribution in [0.4, 0.5) is 5.69 Å². The van der Waals surface area contributed by atoms with Crippen molar-refractivity contribution >= 4 is 39.4 Å². The maximum Gasteiger partial charge on any atom is 0.302 e. The van der Waals surface area contributed by atoms with Gasteiger partial charge in [-0.05, 0) is 24.3 Å². The van der Waals surface area contributed by atoms with E-state index < -0.39 is 29.5 Å². The van der Waals surface area contributed by atoms with Crippen LogP contribution in [-0.4, -0.2) is 43.2 Å². The fourth-order valence-electron chi connectivity index (χ4n) is 3.96. The third kappa shape index (κ3) is 2.32. The standard InChI is InChI=1S/C18H16BrNO6/c1-9(21)25-8-18-6-5-13(26-18)14-15(18)17(23)20(16(14)22)11-7-10(19)3-4-12(11)24-2/h3-7,13-15H,8H2,1-2H3/t13-,14+,15-,18+/m1/s1. The monoisotopic (exact) mass is 421 g/mol. The number of imide groups is 1. The quantitative estimate of drug-likeness (QED) is 0.419. The molecule has 1 aromatic rings. The molecule has 0 spiro atoms. The van der Waals surface area contributed by atoms with Crippen molar-refractivity contribution in [2.24, 2.45) is 11.8 Å². The zero-order chi connectivity index (χ0) is 18.6. The maximum absolute atomic E-state index is 13.2. The molecule has 0 saturated carbocycles. The Balaban J connectivity index is 1.73.